The molecule has 5 rings (SSSR count). The first-order valence-electron chi connectivity index (χ1n) is 9.12. The zero-order valence-corrected chi connectivity index (χ0v) is 17.4. The lowest BCUT2D eigenvalue weighted by molar-refractivity contribution is 0.478. The van der Waals surface area contributed by atoms with Crippen molar-refractivity contribution >= 4 is 50.0 Å². The molecule has 0 fully saturated rings. The molecular weight excluding hydrogens is 436 g/mol. The van der Waals surface area contributed by atoms with Gasteiger partial charge < -0.3 is 10.4 Å². The Balaban J connectivity index is 1.77. The summed E-state index contributed by atoms with van der Waals surface area (Å²) >= 11 is 1.45. The zero-order chi connectivity index (χ0) is 21.6. The van der Waals surface area contributed by atoms with Gasteiger partial charge in [0.25, 0.3) is 15.6 Å². The first kappa shape index (κ1) is 19.2. The number of rotatable bonds is 3. The Bertz CT molecular complexity index is 1550. The summed E-state index contributed by atoms with van der Waals surface area (Å²) in [4.78, 5) is 14.2. The van der Waals surface area contributed by atoms with Gasteiger partial charge in [-0.05, 0) is 35.7 Å². The fourth-order valence-electron chi connectivity index (χ4n) is 3.34. The Morgan fingerprint density at radius 2 is 1.84 bits per heavy atom. The summed E-state index contributed by atoms with van der Waals surface area (Å²) in [5, 5.41) is 20.3. The van der Waals surface area contributed by atoms with E-state index in [-0.39, 0.29) is 27.7 Å². The molecule has 0 amide bonds. The lowest BCUT2D eigenvalue weighted by Gasteiger charge is -2.19. The summed E-state index contributed by atoms with van der Waals surface area (Å²) < 4.78 is 30.2. The van der Waals surface area contributed by atoms with Crippen molar-refractivity contribution in [2.24, 2.45) is 9.50 Å². The number of aromatic nitrogens is 1. The average Bonchev–Trinajstić information content (AvgIpc) is 3.27. The van der Waals surface area contributed by atoms with Crippen molar-refractivity contribution in [1.82, 2.24) is 4.68 Å². The van der Waals surface area contributed by atoms with Gasteiger partial charge in [-0.2, -0.15) is 18.2 Å². The third-order valence-electron chi connectivity index (χ3n) is 4.74. The number of sulfonamides is 1. The largest absolute Gasteiger partial charge is 0.506 e. The zero-order valence-electron chi connectivity index (χ0n) is 15.8. The molecule has 31 heavy (non-hydrogen) atoms. The standard InChI is InChI=1S/C21H14N4O4S2/c26-19-14-7-1-3-9-16(14)25(22-12-13-6-5-11-30-13)21(27)18(19)20-23-15-8-2-4-10-17(15)31(28,29)24-20/h1-12,26H,(H,23,24). The molecular formula is C21H14N4O4S2. The molecule has 0 unspecified atom stereocenters. The summed E-state index contributed by atoms with van der Waals surface area (Å²) in [5.74, 6) is -0.629. The maximum atomic E-state index is 13.4. The van der Waals surface area contributed by atoms with Crippen molar-refractivity contribution in [2.45, 2.75) is 4.90 Å². The number of amidine groups is 1. The predicted molar refractivity (Wildman–Crippen MR) is 121 cm³/mol. The normalized spacial score (nSPS) is 14.9. The minimum Gasteiger partial charge on any atom is -0.506 e. The maximum absolute atomic E-state index is 13.4. The number of thiophene rings is 1. The second-order valence-electron chi connectivity index (χ2n) is 6.65. The molecule has 0 atom stereocenters. The van der Waals surface area contributed by atoms with Crippen LogP contribution in [-0.2, 0) is 10.0 Å². The molecule has 1 aliphatic rings. The lowest BCUT2D eigenvalue weighted by Crippen LogP contribution is -2.31. The van der Waals surface area contributed by atoms with Gasteiger partial charge in [-0.3, -0.25) is 4.79 Å². The number of nitrogens with one attached hydrogen (secondary N) is 1. The molecule has 0 radical (unpaired) electrons. The Hall–Kier alpha value is -3.76. The molecule has 0 aliphatic carbocycles. The number of hydrogen-bond acceptors (Lipinski definition) is 7. The summed E-state index contributed by atoms with van der Waals surface area (Å²) in [5.41, 5.74) is -0.334. The molecule has 0 saturated carbocycles. The molecule has 3 heterocycles. The minimum absolute atomic E-state index is 0.00456. The second kappa shape index (κ2) is 7.18. The first-order valence-corrected chi connectivity index (χ1v) is 11.4. The molecule has 2 aromatic carbocycles. The van der Waals surface area contributed by atoms with Crippen LogP contribution in [0.1, 0.15) is 10.4 Å². The summed E-state index contributed by atoms with van der Waals surface area (Å²) in [6, 6.07) is 16.6. The molecule has 2 aromatic heterocycles. The van der Waals surface area contributed by atoms with Crippen LogP contribution in [0.15, 0.2) is 85.2 Å². The van der Waals surface area contributed by atoms with Crippen molar-refractivity contribution in [3.8, 4) is 5.75 Å². The molecule has 4 aromatic rings. The Labute approximate surface area is 180 Å². The highest BCUT2D eigenvalue weighted by Gasteiger charge is 2.29. The van der Waals surface area contributed by atoms with E-state index in [0.717, 1.165) is 9.55 Å². The molecule has 1 aliphatic heterocycles. The van der Waals surface area contributed by atoms with E-state index in [1.807, 2.05) is 17.5 Å². The Morgan fingerprint density at radius 3 is 2.65 bits per heavy atom. The molecule has 0 bridgehead atoms. The molecule has 0 spiro atoms. The fourth-order valence-corrected chi connectivity index (χ4v) is 5.04. The van der Waals surface area contributed by atoms with E-state index in [2.05, 4.69) is 14.8 Å². The fraction of sp³-hybridized carbons (Fsp3) is 0. The number of pyridine rings is 1. The third-order valence-corrected chi connectivity index (χ3v) is 6.88. The SMILES string of the molecule is O=c1c(C2=NS(=O)(=O)c3ccccc3N2)c(O)c2ccccc2n1N=Cc1cccs1. The highest BCUT2D eigenvalue weighted by atomic mass is 32.2. The van der Waals surface area contributed by atoms with Gasteiger partial charge in [0.1, 0.15) is 16.2 Å². The molecule has 10 heteroatoms. The van der Waals surface area contributed by atoms with Gasteiger partial charge in [0.05, 0.1) is 17.4 Å². The maximum Gasteiger partial charge on any atom is 0.286 e. The molecule has 154 valence electrons. The van der Waals surface area contributed by atoms with Gasteiger partial charge in [0.2, 0.25) is 0 Å². The van der Waals surface area contributed by atoms with E-state index in [4.69, 9.17) is 0 Å². The molecule has 2 N–H and O–H groups in total. The van der Waals surface area contributed by atoms with Crippen LogP contribution in [0.3, 0.4) is 0 Å². The van der Waals surface area contributed by atoms with Gasteiger partial charge in [0, 0.05) is 10.3 Å². The van der Waals surface area contributed by atoms with Crippen LogP contribution in [0, 0.1) is 0 Å². The summed E-state index contributed by atoms with van der Waals surface area (Å²) in [7, 11) is -4.06. The number of hydrogen-bond donors (Lipinski definition) is 2. The van der Waals surface area contributed by atoms with Crippen molar-refractivity contribution < 1.29 is 13.5 Å². The predicted octanol–water partition coefficient (Wildman–Crippen LogP) is 3.21. The van der Waals surface area contributed by atoms with Crippen LogP contribution in [0.4, 0.5) is 5.69 Å². The summed E-state index contributed by atoms with van der Waals surface area (Å²) in [6.07, 6.45) is 1.53. The van der Waals surface area contributed by atoms with E-state index < -0.39 is 15.6 Å². The van der Waals surface area contributed by atoms with E-state index in [9.17, 15) is 18.3 Å². The van der Waals surface area contributed by atoms with Crippen molar-refractivity contribution in [2.75, 3.05) is 5.32 Å². The van der Waals surface area contributed by atoms with Crippen LogP contribution in [-0.4, -0.2) is 30.3 Å². The molecule has 8 nitrogen and oxygen atoms in total. The van der Waals surface area contributed by atoms with E-state index in [1.54, 1.807) is 42.5 Å². The monoisotopic (exact) mass is 450 g/mol. The van der Waals surface area contributed by atoms with Crippen LogP contribution in [0.5, 0.6) is 5.75 Å². The number of nitrogens with zero attached hydrogens (tertiary/aromatic N) is 3. The van der Waals surface area contributed by atoms with E-state index >= 15 is 0 Å². The van der Waals surface area contributed by atoms with Gasteiger partial charge >= 0.3 is 0 Å². The van der Waals surface area contributed by atoms with Crippen LogP contribution < -0.4 is 10.9 Å². The van der Waals surface area contributed by atoms with Crippen molar-refractivity contribution in [1.29, 1.82) is 0 Å². The average molecular weight is 451 g/mol. The summed E-state index contributed by atoms with van der Waals surface area (Å²) in [6.45, 7) is 0. The van der Waals surface area contributed by atoms with Crippen molar-refractivity contribution in [3.63, 3.8) is 0 Å². The third kappa shape index (κ3) is 3.22. The van der Waals surface area contributed by atoms with Crippen LogP contribution in [0.25, 0.3) is 10.9 Å². The second-order valence-corrected chi connectivity index (χ2v) is 9.21. The smallest absolute Gasteiger partial charge is 0.286 e. The van der Waals surface area contributed by atoms with Gasteiger partial charge in [-0.15, -0.1) is 15.7 Å². The van der Waals surface area contributed by atoms with E-state index in [0.29, 0.717) is 10.9 Å². The van der Waals surface area contributed by atoms with Crippen LogP contribution in [0.2, 0.25) is 0 Å². The number of benzene rings is 2. The van der Waals surface area contributed by atoms with E-state index in [1.165, 1.54) is 23.6 Å². The number of aromatic hydroxyl groups is 1. The van der Waals surface area contributed by atoms with Crippen molar-refractivity contribution in [3.05, 3.63) is 86.8 Å². The first-order chi connectivity index (χ1) is 15.0. The van der Waals surface area contributed by atoms with Crippen LogP contribution >= 0.6 is 11.3 Å². The Kier molecular flexibility index (Phi) is 4.45. The lowest BCUT2D eigenvalue weighted by atomic mass is 10.1. The van der Waals surface area contributed by atoms with Gasteiger partial charge in [0.15, 0.2) is 5.84 Å². The highest BCUT2D eigenvalue weighted by Crippen LogP contribution is 2.32. The molecule has 0 saturated heterocycles. The number of para-hydroxylation sites is 2. The minimum atomic E-state index is -4.06. The quantitative estimate of drug-likeness (QED) is 0.466. The number of anilines is 1. The van der Waals surface area contributed by atoms with Gasteiger partial charge in [-0.1, -0.05) is 30.3 Å². The highest BCUT2D eigenvalue weighted by molar-refractivity contribution is 7.90. The van der Waals surface area contributed by atoms with Gasteiger partial charge in [-0.25, -0.2) is 0 Å². The number of fused-ring (bicyclic) bond motifs is 2. The Morgan fingerprint density at radius 1 is 1.06 bits per heavy atom. The topological polar surface area (TPSA) is 113 Å².